The number of pyridine rings is 1. The maximum absolute atomic E-state index is 11.9. The summed E-state index contributed by atoms with van der Waals surface area (Å²) in [5.74, 6) is -0.222. The molecule has 1 aliphatic rings. The average molecular weight is 284 g/mol. The van der Waals surface area contributed by atoms with Gasteiger partial charge in [-0.15, -0.1) is 0 Å². The van der Waals surface area contributed by atoms with Crippen molar-refractivity contribution in [2.45, 2.75) is 13.0 Å². The molecule has 6 heteroatoms. The van der Waals surface area contributed by atoms with Gasteiger partial charge in [-0.3, -0.25) is 14.7 Å². The third kappa shape index (κ3) is 4.16. The number of halogens is 1. The van der Waals surface area contributed by atoms with Crippen LogP contribution in [0.25, 0.3) is 0 Å². The van der Waals surface area contributed by atoms with Gasteiger partial charge in [-0.2, -0.15) is 0 Å². The van der Waals surface area contributed by atoms with Gasteiger partial charge in [0.05, 0.1) is 12.7 Å². The molecular formula is C13H18ClN3O2. The summed E-state index contributed by atoms with van der Waals surface area (Å²) in [5, 5.41) is 3.33. The summed E-state index contributed by atoms with van der Waals surface area (Å²) in [6.45, 7) is 6.13. The minimum absolute atomic E-state index is 0.0387. The van der Waals surface area contributed by atoms with Gasteiger partial charge in [0.1, 0.15) is 5.69 Å². The Kier molecular flexibility index (Phi) is 5.13. The van der Waals surface area contributed by atoms with E-state index in [1.807, 2.05) is 0 Å². The number of hydrogen-bond donors (Lipinski definition) is 1. The number of nitrogens with zero attached hydrogens (tertiary/aromatic N) is 2. The summed E-state index contributed by atoms with van der Waals surface area (Å²) in [4.78, 5) is 18.2. The second-order valence-corrected chi connectivity index (χ2v) is 4.89. The number of carbonyl (C=O) groups excluding carboxylic acids is 1. The predicted octanol–water partition coefficient (Wildman–Crippen LogP) is 1.19. The molecule has 0 radical (unpaired) electrons. The second kappa shape index (κ2) is 6.84. The lowest BCUT2D eigenvalue weighted by Crippen LogP contribution is -2.47. The number of likely N-dealkylation sites (N-methyl/N-ethyl adjacent to an activating group) is 1. The lowest BCUT2D eigenvalue weighted by atomic mass is 10.2. The monoisotopic (exact) mass is 283 g/mol. The normalized spacial score (nSPS) is 20.2. The second-order valence-electron chi connectivity index (χ2n) is 4.46. The molecule has 0 aromatic carbocycles. The number of amides is 1. The number of hydrogen-bond acceptors (Lipinski definition) is 4. The van der Waals surface area contributed by atoms with E-state index in [0.29, 0.717) is 23.9 Å². The molecular weight excluding hydrogens is 266 g/mol. The quantitative estimate of drug-likeness (QED) is 0.902. The molecule has 1 N–H and O–H groups in total. The van der Waals surface area contributed by atoms with Crippen molar-refractivity contribution >= 4 is 17.5 Å². The maximum atomic E-state index is 11.9. The Labute approximate surface area is 117 Å². The molecule has 0 spiro atoms. The minimum atomic E-state index is -0.222. The number of rotatable bonds is 4. The van der Waals surface area contributed by atoms with Crippen LogP contribution < -0.4 is 5.32 Å². The van der Waals surface area contributed by atoms with Gasteiger partial charge in [0.25, 0.3) is 5.91 Å². The smallest absolute Gasteiger partial charge is 0.270 e. The van der Waals surface area contributed by atoms with Crippen LogP contribution in [0.15, 0.2) is 18.3 Å². The number of morpholine rings is 1. The van der Waals surface area contributed by atoms with Crippen molar-refractivity contribution in [2.75, 3.05) is 32.8 Å². The van der Waals surface area contributed by atoms with Gasteiger partial charge in [0.15, 0.2) is 0 Å². The minimum Gasteiger partial charge on any atom is -0.374 e. The van der Waals surface area contributed by atoms with Crippen molar-refractivity contribution in [1.82, 2.24) is 15.2 Å². The third-order valence-corrected chi connectivity index (χ3v) is 3.35. The van der Waals surface area contributed by atoms with Crippen LogP contribution in [0.5, 0.6) is 0 Å². The van der Waals surface area contributed by atoms with Gasteiger partial charge in [-0.1, -0.05) is 18.5 Å². The Morgan fingerprint density at radius 1 is 1.68 bits per heavy atom. The van der Waals surface area contributed by atoms with Gasteiger partial charge in [-0.25, -0.2) is 0 Å². The van der Waals surface area contributed by atoms with E-state index in [4.69, 9.17) is 16.3 Å². The number of carbonyl (C=O) groups is 1. The van der Waals surface area contributed by atoms with E-state index in [2.05, 4.69) is 22.1 Å². The Balaban J connectivity index is 1.83. The fraction of sp³-hybridized carbons (Fsp3) is 0.538. The molecule has 0 bridgehead atoms. The molecule has 1 aromatic rings. The molecule has 0 saturated carbocycles. The summed E-state index contributed by atoms with van der Waals surface area (Å²) in [7, 11) is 0. The van der Waals surface area contributed by atoms with Crippen LogP contribution in [0.2, 0.25) is 5.02 Å². The van der Waals surface area contributed by atoms with E-state index in [1.165, 1.54) is 6.20 Å². The van der Waals surface area contributed by atoms with Crippen LogP contribution in [0.1, 0.15) is 17.4 Å². The Morgan fingerprint density at radius 2 is 2.53 bits per heavy atom. The Morgan fingerprint density at radius 3 is 3.26 bits per heavy atom. The van der Waals surface area contributed by atoms with Gasteiger partial charge in [0, 0.05) is 30.9 Å². The topological polar surface area (TPSA) is 54.5 Å². The highest BCUT2D eigenvalue weighted by Crippen LogP contribution is 2.08. The van der Waals surface area contributed by atoms with Crippen LogP contribution in [0.3, 0.4) is 0 Å². The van der Waals surface area contributed by atoms with Crippen LogP contribution in [0, 0.1) is 0 Å². The third-order valence-electron chi connectivity index (χ3n) is 3.12. The molecule has 1 saturated heterocycles. The molecule has 19 heavy (non-hydrogen) atoms. The SMILES string of the molecule is CCN1CCOC(CNC(=O)c2cc(Cl)ccn2)C1. The molecule has 1 aromatic heterocycles. The molecule has 104 valence electrons. The van der Waals surface area contributed by atoms with Crippen molar-refractivity contribution in [3.63, 3.8) is 0 Å². The summed E-state index contributed by atoms with van der Waals surface area (Å²) < 4.78 is 5.62. The van der Waals surface area contributed by atoms with E-state index in [-0.39, 0.29) is 12.0 Å². The predicted molar refractivity (Wildman–Crippen MR) is 73.4 cm³/mol. The van der Waals surface area contributed by atoms with Crippen molar-refractivity contribution in [1.29, 1.82) is 0 Å². The summed E-state index contributed by atoms with van der Waals surface area (Å²) in [6, 6.07) is 3.19. The molecule has 1 amide bonds. The van der Waals surface area contributed by atoms with Gasteiger partial charge >= 0.3 is 0 Å². The Hall–Kier alpha value is -1.17. The fourth-order valence-electron chi connectivity index (χ4n) is 2.02. The van der Waals surface area contributed by atoms with Crippen molar-refractivity contribution in [2.24, 2.45) is 0 Å². The highest BCUT2D eigenvalue weighted by atomic mass is 35.5. The standard InChI is InChI=1S/C13H18ClN3O2/c1-2-17-5-6-19-11(9-17)8-16-13(18)12-7-10(14)3-4-15-12/h3-4,7,11H,2,5-6,8-9H2,1H3,(H,16,18). The largest absolute Gasteiger partial charge is 0.374 e. The zero-order chi connectivity index (χ0) is 13.7. The van der Waals surface area contributed by atoms with Gasteiger partial charge < -0.3 is 10.1 Å². The van der Waals surface area contributed by atoms with E-state index in [9.17, 15) is 4.79 Å². The molecule has 2 heterocycles. The lowest BCUT2D eigenvalue weighted by molar-refractivity contribution is -0.0246. The summed E-state index contributed by atoms with van der Waals surface area (Å²) >= 11 is 5.82. The lowest BCUT2D eigenvalue weighted by Gasteiger charge is -2.32. The first-order valence-corrected chi connectivity index (χ1v) is 6.80. The number of nitrogens with one attached hydrogen (secondary N) is 1. The zero-order valence-corrected chi connectivity index (χ0v) is 11.7. The van der Waals surface area contributed by atoms with Gasteiger partial charge in [0.2, 0.25) is 0 Å². The average Bonchev–Trinajstić information content (AvgIpc) is 2.45. The molecule has 1 unspecified atom stereocenters. The Bertz CT molecular complexity index is 442. The van der Waals surface area contributed by atoms with E-state index in [0.717, 1.165) is 19.6 Å². The number of aromatic nitrogens is 1. The van der Waals surface area contributed by atoms with Crippen molar-refractivity contribution in [3.05, 3.63) is 29.0 Å². The van der Waals surface area contributed by atoms with E-state index in [1.54, 1.807) is 12.1 Å². The van der Waals surface area contributed by atoms with Crippen molar-refractivity contribution in [3.8, 4) is 0 Å². The number of ether oxygens (including phenoxy) is 1. The molecule has 5 nitrogen and oxygen atoms in total. The first-order chi connectivity index (χ1) is 9.19. The first kappa shape index (κ1) is 14.2. The van der Waals surface area contributed by atoms with E-state index >= 15 is 0 Å². The first-order valence-electron chi connectivity index (χ1n) is 6.42. The molecule has 1 fully saturated rings. The highest BCUT2D eigenvalue weighted by Gasteiger charge is 2.20. The fourth-order valence-corrected chi connectivity index (χ4v) is 2.18. The van der Waals surface area contributed by atoms with Crippen LogP contribution >= 0.6 is 11.6 Å². The maximum Gasteiger partial charge on any atom is 0.270 e. The van der Waals surface area contributed by atoms with Crippen LogP contribution in [0.4, 0.5) is 0 Å². The van der Waals surface area contributed by atoms with Gasteiger partial charge in [-0.05, 0) is 18.7 Å². The summed E-state index contributed by atoms with van der Waals surface area (Å²) in [6.07, 6.45) is 1.56. The highest BCUT2D eigenvalue weighted by molar-refractivity contribution is 6.30. The summed E-state index contributed by atoms with van der Waals surface area (Å²) in [5.41, 5.74) is 0.329. The molecule has 2 rings (SSSR count). The molecule has 1 atom stereocenters. The van der Waals surface area contributed by atoms with E-state index < -0.39 is 0 Å². The van der Waals surface area contributed by atoms with Crippen molar-refractivity contribution < 1.29 is 9.53 Å². The van der Waals surface area contributed by atoms with Crippen LogP contribution in [-0.2, 0) is 4.74 Å². The zero-order valence-electron chi connectivity index (χ0n) is 10.9. The van der Waals surface area contributed by atoms with Crippen LogP contribution in [-0.4, -0.2) is 54.7 Å². The molecule has 0 aliphatic carbocycles. The molecule has 1 aliphatic heterocycles.